The molecule has 1 aromatic carbocycles. The molecule has 3 rings (SSSR count). The van der Waals surface area contributed by atoms with Crippen LogP contribution in [0.15, 0.2) is 30.3 Å². The number of carboxylic acids is 2. The van der Waals surface area contributed by atoms with Gasteiger partial charge in [0.25, 0.3) is 0 Å². The minimum atomic E-state index is -0.995. The highest BCUT2D eigenvalue weighted by Gasteiger charge is 2.54. The lowest BCUT2D eigenvalue weighted by Gasteiger charge is -2.38. The van der Waals surface area contributed by atoms with Gasteiger partial charge in [0, 0.05) is 0 Å². The lowest BCUT2D eigenvalue weighted by Crippen LogP contribution is -2.40. The number of rotatable bonds is 7. The molecule has 4 heteroatoms. The monoisotopic (exact) mass is 344 g/mol. The fraction of sp³-hybridized carbons (Fsp3) is 0.619. The molecule has 2 aliphatic carbocycles. The molecule has 2 N–H and O–H groups in total. The highest BCUT2D eigenvalue weighted by molar-refractivity contribution is 5.80. The van der Waals surface area contributed by atoms with Crippen LogP contribution in [0.1, 0.15) is 51.0 Å². The van der Waals surface area contributed by atoms with E-state index < -0.39 is 23.8 Å². The molecule has 2 fully saturated rings. The molecule has 0 radical (unpaired) electrons. The molecule has 7 atom stereocenters. The van der Waals surface area contributed by atoms with Gasteiger partial charge in [-0.05, 0) is 60.8 Å². The first kappa shape index (κ1) is 18.0. The Morgan fingerprint density at radius 3 is 2.28 bits per heavy atom. The highest BCUT2D eigenvalue weighted by Crippen LogP contribution is 2.58. The molecule has 2 bridgehead atoms. The fourth-order valence-electron chi connectivity index (χ4n) is 5.56. The number of carbonyl (C=O) groups is 2. The Labute approximate surface area is 149 Å². The van der Waals surface area contributed by atoms with E-state index in [1.54, 1.807) is 6.92 Å². The van der Waals surface area contributed by atoms with Gasteiger partial charge in [0.05, 0.1) is 11.8 Å². The van der Waals surface area contributed by atoms with Crippen molar-refractivity contribution in [2.45, 2.75) is 45.4 Å². The first-order valence-electron chi connectivity index (χ1n) is 9.40. The molecule has 2 aliphatic rings. The van der Waals surface area contributed by atoms with Crippen LogP contribution in [0.2, 0.25) is 0 Å². The predicted octanol–water partition coefficient (Wildman–Crippen LogP) is 4.26. The Kier molecular flexibility index (Phi) is 5.16. The molecule has 0 aromatic heterocycles. The van der Waals surface area contributed by atoms with Gasteiger partial charge in [0.15, 0.2) is 0 Å². The summed E-state index contributed by atoms with van der Waals surface area (Å²) in [4.78, 5) is 23.4. The summed E-state index contributed by atoms with van der Waals surface area (Å²) in [5.41, 5.74) is 1.28. The average molecular weight is 344 g/mol. The molecule has 0 amide bonds. The van der Waals surface area contributed by atoms with Crippen molar-refractivity contribution in [2.24, 2.45) is 35.5 Å². The smallest absolute Gasteiger partial charge is 0.307 e. The van der Waals surface area contributed by atoms with Gasteiger partial charge in [-0.2, -0.15) is 0 Å². The van der Waals surface area contributed by atoms with Crippen molar-refractivity contribution < 1.29 is 19.8 Å². The summed E-state index contributed by atoms with van der Waals surface area (Å²) in [5.74, 6) is -1.94. The lowest BCUT2D eigenvalue weighted by molar-refractivity contribution is -0.157. The van der Waals surface area contributed by atoms with Crippen molar-refractivity contribution in [3.05, 3.63) is 35.9 Å². The maximum Gasteiger partial charge on any atom is 0.307 e. The van der Waals surface area contributed by atoms with E-state index in [9.17, 15) is 19.8 Å². The SMILES string of the molecule is CC(CC1C2CCC(C2)C1C(C(=O)O)C(C)C(=O)O)c1ccccc1. The average Bonchev–Trinajstić information content (AvgIpc) is 3.18. The van der Waals surface area contributed by atoms with E-state index in [1.807, 2.05) is 18.2 Å². The van der Waals surface area contributed by atoms with Gasteiger partial charge in [-0.3, -0.25) is 9.59 Å². The van der Waals surface area contributed by atoms with Crippen molar-refractivity contribution in [3.8, 4) is 0 Å². The largest absolute Gasteiger partial charge is 0.481 e. The maximum absolute atomic E-state index is 11.9. The zero-order chi connectivity index (χ0) is 18.1. The molecule has 0 heterocycles. The summed E-state index contributed by atoms with van der Waals surface area (Å²) in [5, 5.41) is 19.2. The lowest BCUT2D eigenvalue weighted by atomic mass is 9.66. The predicted molar refractivity (Wildman–Crippen MR) is 95.2 cm³/mol. The summed E-state index contributed by atoms with van der Waals surface area (Å²) >= 11 is 0. The van der Waals surface area contributed by atoms with Crippen molar-refractivity contribution in [1.82, 2.24) is 0 Å². The molecule has 4 nitrogen and oxygen atoms in total. The molecule has 25 heavy (non-hydrogen) atoms. The van der Waals surface area contributed by atoms with E-state index in [0.717, 1.165) is 19.3 Å². The van der Waals surface area contributed by atoms with Crippen LogP contribution in [0, 0.1) is 35.5 Å². The Bertz CT molecular complexity index is 626. The number of benzene rings is 1. The Balaban J connectivity index is 1.83. The number of aliphatic carboxylic acids is 2. The van der Waals surface area contributed by atoms with E-state index in [2.05, 4.69) is 19.1 Å². The molecule has 0 spiro atoms. The second kappa shape index (κ2) is 7.19. The first-order valence-corrected chi connectivity index (χ1v) is 9.40. The minimum Gasteiger partial charge on any atom is -0.481 e. The van der Waals surface area contributed by atoms with Gasteiger partial charge in [0.2, 0.25) is 0 Å². The molecular formula is C21H28O4. The maximum atomic E-state index is 11.9. The minimum absolute atomic E-state index is 0.00601. The Morgan fingerprint density at radius 2 is 1.68 bits per heavy atom. The van der Waals surface area contributed by atoms with E-state index in [1.165, 1.54) is 12.0 Å². The molecule has 0 aliphatic heterocycles. The third kappa shape index (κ3) is 3.44. The van der Waals surface area contributed by atoms with Crippen LogP contribution in [0.4, 0.5) is 0 Å². The van der Waals surface area contributed by atoms with Crippen LogP contribution in [0.25, 0.3) is 0 Å². The molecule has 2 saturated carbocycles. The van der Waals surface area contributed by atoms with E-state index >= 15 is 0 Å². The standard InChI is InChI=1S/C21H28O4/c1-12(14-6-4-3-5-7-14)10-17-15-8-9-16(11-15)19(17)18(21(24)25)13(2)20(22)23/h3-7,12-13,15-19H,8-11H2,1-2H3,(H,22,23)(H,24,25). The molecule has 136 valence electrons. The summed E-state index contributed by atoms with van der Waals surface area (Å²) in [6, 6.07) is 10.3. The third-order valence-electron chi connectivity index (χ3n) is 6.78. The Hall–Kier alpha value is -1.84. The summed E-state index contributed by atoms with van der Waals surface area (Å²) < 4.78 is 0. The second-order valence-electron chi connectivity index (χ2n) is 8.11. The van der Waals surface area contributed by atoms with Crippen molar-refractivity contribution >= 4 is 11.9 Å². The van der Waals surface area contributed by atoms with Crippen LogP contribution in [-0.2, 0) is 9.59 Å². The van der Waals surface area contributed by atoms with Crippen molar-refractivity contribution in [1.29, 1.82) is 0 Å². The zero-order valence-corrected chi connectivity index (χ0v) is 15.0. The Morgan fingerprint density at radius 1 is 1.04 bits per heavy atom. The fourth-order valence-corrected chi connectivity index (χ4v) is 5.56. The van der Waals surface area contributed by atoms with Crippen LogP contribution in [0.5, 0.6) is 0 Å². The number of carboxylic acid groups (broad SMARTS) is 2. The van der Waals surface area contributed by atoms with Gasteiger partial charge in [-0.1, -0.05) is 44.2 Å². The van der Waals surface area contributed by atoms with Gasteiger partial charge < -0.3 is 10.2 Å². The number of hydrogen-bond acceptors (Lipinski definition) is 2. The second-order valence-corrected chi connectivity index (χ2v) is 8.11. The van der Waals surface area contributed by atoms with Crippen LogP contribution in [-0.4, -0.2) is 22.2 Å². The molecule has 7 unspecified atom stereocenters. The van der Waals surface area contributed by atoms with Crippen LogP contribution in [0.3, 0.4) is 0 Å². The topological polar surface area (TPSA) is 74.6 Å². The van der Waals surface area contributed by atoms with Crippen LogP contribution >= 0.6 is 0 Å². The van der Waals surface area contributed by atoms with Gasteiger partial charge in [-0.25, -0.2) is 0 Å². The normalized spacial score (nSPS) is 31.4. The first-order chi connectivity index (χ1) is 11.9. The summed E-state index contributed by atoms with van der Waals surface area (Å²) in [6.07, 6.45) is 4.25. The quantitative estimate of drug-likeness (QED) is 0.775. The van der Waals surface area contributed by atoms with E-state index in [0.29, 0.717) is 23.7 Å². The van der Waals surface area contributed by atoms with Crippen molar-refractivity contribution in [2.75, 3.05) is 0 Å². The van der Waals surface area contributed by atoms with Crippen molar-refractivity contribution in [3.63, 3.8) is 0 Å². The van der Waals surface area contributed by atoms with Crippen LogP contribution < -0.4 is 0 Å². The highest BCUT2D eigenvalue weighted by atomic mass is 16.4. The van der Waals surface area contributed by atoms with E-state index in [4.69, 9.17) is 0 Å². The van der Waals surface area contributed by atoms with Gasteiger partial charge in [-0.15, -0.1) is 0 Å². The summed E-state index contributed by atoms with van der Waals surface area (Å²) in [6.45, 7) is 3.76. The third-order valence-corrected chi connectivity index (χ3v) is 6.78. The van der Waals surface area contributed by atoms with Gasteiger partial charge in [0.1, 0.15) is 0 Å². The van der Waals surface area contributed by atoms with Gasteiger partial charge >= 0.3 is 11.9 Å². The van der Waals surface area contributed by atoms with E-state index in [-0.39, 0.29) is 5.92 Å². The molecular weight excluding hydrogens is 316 g/mol. The molecule has 1 aromatic rings. The zero-order valence-electron chi connectivity index (χ0n) is 15.0. The molecule has 0 saturated heterocycles. The number of hydrogen-bond donors (Lipinski definition) is 2. The number of fused-ring (bicyclic) bond motifs is 2. The summed E-state index contributed by atoms with van der Waals surface area (Å²) in [7, 11) is 0.